The van der Waals surface area contributed by atoms with Gasteiger partial charge in [0.2, 0.25) is 3.79 Å². The fraction of sp³-hybridized carbons (Fsp3) is 0.833. The second kappa shape index (κ2) is 5.88. The van der Waals surface area contributed by atoms with Crippen LogP contribution in [0.2, 0.25) is 0 Å². The lowest BCUT2D eigenvalue weighted by atomic mass is 10.5. The summed E-state index contributed by atoms with van der Waals surface area (Å²) in [5.41, 5.74) is 0. The lowest BCUT2D eigenvalue weighted by molar-refractivity contribution is -0.0965. The number of hydrogen-bond donors (Lipinski definition) is 1. The average molecular weight is 249 g/mol. The summed E-state index contributed by atoms with van der Waals surface area (Å²) >= 11 is 16.1. The van der Waals surface area contributed by atoms with Gasteiger partial charge in [0.1, 0.15) is 0 Å². The molecule has 0 aliphatic carbocycles. The molecule has 0 radical (unpaired) electrons. The van der Waals surface area contributed by atoms with Gasteiger partial charge in [-0.05, 0) is 12.4 Å². The van der Waals surface area contributed by atoms with Gasteiger partial charge in [0.05, 0.1) is 0 Å². The first-order valence-corrected chi connectivity index (χ1v) is 4.47. The molecular formula is C6H10Cl3N2O2-. The quantitative estimate of drug-likeness (QED) is 0.355. The van der Waals surface area contributed by atoms with E-state index in [-0.39, 0.29) is 6.54 Å². The average Bonchev–Trinajstić information content (AvgIpc) is 2.04. The SMILES string of the molecule is COC(CNC(=[N-])C(Cl)(Cl)Cl)OC. The zero-order valence-corrected chi connectivity index (χ0v) is 9.45. The third kappa shape index (κ3) is 5.54. The van der Waals surface area contributed by atoms with Crippen LogP contribution in [-0.2, 0) is 9.47 Å². The van der Waals surface area contributed by atoms with E-state index < -0.39 is 15.9 Å². The lowest BCUT2D eigenvalue weighted by Crippen LogP contribution is -2.39. The Bertz CT molecular complexity index is 168. The van der Waals surface area contributed by atoms with Crippen LogP contribution in [0.15, 0.2) is 0 Å². The maximum atomic E-state index is 9.12. The molecule has 0 rings (SSSR count). The van der Waals surface area contributed by atoms with Crippen LogP contribution >= 0.6 is 34.8 Å². The van der Waals surface area contributed by atoms with Crippen molar-refractivity contribution in [1.29, 1.82) is 0 Å². The largest absolute Gasteiger partial charge is 0.477 e. The number of nitrogens with zero attached hydrogens (tertiary/aromatic N) is 1. The molecule has 0 bridgehead atoms. The zero-order chi connectivity index (χ0) is 10.5. The molecule has 0 aromatic carbocycles. The summed E-state index contributed by atoms with van der Waals surface area (Å²) in [7, 11) is 2.92. The van der Waals surface area contributed by atoms with Gasteiger partial charge in [-0.15, -0.1) is 0 Å². The Kier molecular flexibility index (Phi) is 6.00. The molecule has 1 N–H and O–H groups in total. The third-order valence-electron chi connectivity index (χ3n) is 1.23. The first kappa shape index (κ1) is 13.3. The lowest BCUT2D eigenvalue weighted by Gasteiger charge is -2.25. The molecule has 0 heterocycles. The van der Waals surface area contributed by atoms with Crippen LogP contribution in [0.25, 0.3) is 5.41 Å². The molecule has 7 heteroatoms. The van der Waals surface area contributed by atoms with E-state index in [1.54, 1.807) is 0 Å². The highest BCUT2D eigenvalue weighted by atomic mass is 35.6. The molecule has 0 spiro atoms. The summed E-state index contributed by atoms with van der Waals surface area (Å²) in [6.45, 7) is 0.187. The Morgan fingerprint density at radius 2 is 1.85 bits per heavy atom. The van der Waals surface area contributed by atoms with Crippen molar-refractivity contribution in [1.82, 2.24) is 5.32 Å². The standard InChI is InChI=1S/C6H10Cl3N2O2/c1-12-4(13-2)3-11-5(10)6(7,8)9/h4H,3H2,1-2H3,(H-,10,11)/q-1. The Morgan fingerprint density at radius 1 is 1.38 bits per heavy atom. The number of methoxy groups -OCH3 is 2. The van der Waals surface area contributed by atoms with Gasteiger partial charge in [0.25, 0.3) is 0 Å². The summed E-state index contributed by atoms with van der Waals surface area (Å²) in [6.07, 6.45) is -0.505. The highest BCUT2D eigenvalue weighted by Gasteiger charge is 2.20. The maximum Gasteiger partial charge on any atom is 0.207 e. The van der Waals surface area contributed by atoms with Crippen molar-refractivity contribution in [3.05, 3.63) is 5.41 Å². The van der Waals surface area contributed by atoms with Crippen molar-refractivity contribution in [2.24, 2.45) is 0 Å². The third-order valence-corrected chi connectivity index (χ3v) is 1.77. The minimum absolute atomic E-state index is 0.187. The molecule has 0 fully saturated rings. The van der Waals surface area contributed by atoms with Gasteiger partial charge in [-0.1, -0.05) is 34.8 Å². The fourth-order valence-corrected chi connectivity index (χ4v) is 0.744. The number of rotatable bonds is 4. The molecule has 4 nitrogen and oxygen atoms in total. The fourth-order valence-electron chi connectivity index (χ4n) is 0.543. The number of halogens is 3. The highest BCUT2D eigenvalue weighted by molar-refractivity contribution is 6.76. The molecule has 0 saturated carbocycles. The Balaban J connectivity index is 3.82. The maximum absolute atomic E-state index is 9.12. The van der Waals surface area contributed by atoms with Crippen LogP contribution in [0.3, 0.4) is 0 Å². The molecule has 78 valence electrons. The number of amidine groups is 1. The minimum Gasteiger partial charge on any atom is -0.477 e. The number of nitrogens with one attached hydrogen (secondary N) is 1. The van der Waals surface area contributed by atoms with Crippen LogP contribution in [-0.4, -0.2) is 36.7 Å². The second-order valence-corrected chi connectivity index (χ2v) is 4.41. The van der Waals surface area contributed by atoms with Gasteiger partial charge in [-0.3, -0.25) is 0 Å². The van der Waals surface area contributed by atoms with Crippen LogP contribution in [0.5, 0.6) is 0 Å². The van der Waals surface area contributed by atoms with Crippen LogP contribution < -0.4 is 5.32 Å². The monoisotopic (exact) mass is 247 g/mol. The smallest absolute Gasteiger partial charge is 0.207 e. The summed E-state index contributed by atoms with van der Waals surface area (Å²) in [5.74, 6) is -0.461. The van der Waals surface area contributed by atoms with E-state index in [9.17, 15) is 0 Å². The van der Waals surface area contributed by atoms with E-state index in [1.165, 1.54) is 14.2 Å². The van der Waals surface area contributed by atoms with E-state index in [0.29, 0.717) is 0 Å². The van der Waals surface area contributed by atoms with Crippen molar-refractivity contribution >= 4 is 40.6 Å². The number of ether oxygens (including phenoxy) is 2. The summed E-state index contributed by atoms with van der Waals surface area (Å²) in [5, 5.41) is 11.6. The topological polar surface area (TPSA) is 52.8 Å². The van der Waals surface area contributed by atoms with E-state index >= 15 is 0 Å². The normalized spacial score (nSPS) is 11.8. The van der Waals surface area contributed by atoms with Gasteiger partial charge >= 0.3 is 0 Å². The first-order valence-electron chi connectivity index (χ1n) is 3.34. The van der Waals surface area contributed by atoms with Crippen molar-refractivity contribution < 1.29 is 9.47 Å². The number of hydrogen-bond acceptors (Lipinski definition) is 2. The van der Waals surface area contributed by atoms with Gasteiger partial charge in [0, 0.05) is 14.2 Å². The van der Waals surface area contributed by atoms with Crippen molar-refractivity contribution in [3.63, 3.8) is 0 Å². The molecule has 0 unspecified atom stereocenters. The molecule has 0 saturated heterocycles. The van der Waals surface area contributed by atoms with Crippen molar-refractivity contribution in [2.75, 3.05) is 20.8 Å². The van der Waals surface area contributed by atoms with E-state index in [2.05, 4.69) is 5.32 Å². The molecular weight excluding hydrogens is 238 g/mol. The second-order valence-electron chi connectivity index (χ2n) is 2.13. The Labute approximate surface area is 91.9 Å². The first-order chi connectivity index (χ1) is 5.91. The van der Waals surface area contributed by atoms with E-state index in [0.717, 1.165) is 0 Å². The molecule has 0 amide bonds. The van der Waals surface area contributed by atoms with Crippen molar-refractivity contribution in [3.8, 4) is 0 Å². The van der Waals surface area contributed by atoms with Gasteiger partial charge in [-0.2, -0.15) is 0 Å². The van der Waals surface area contributed by atoms with Crippen molar-refractivity contribution in [2.45, 2.75) is 10.1 Å². The van der Waals surface area contributed by atoms with Gasteiger partial charge in [-0.25, -0.2) is 0 Å². The molecule has 0 aromatic heterocycles. The molecule has 13 heavy (non-hydrogen) atoms. The summed E-state index contributed by atoms with van der Waals surface area (Å²) in [4.78, 5) is 0. The Hall–Kier alpha value is 0.260. The van der Waals surface area contributed by atoms with E-state index in [1.807, 2.05) is 0 Å². The minimum atomic E-state index is -1.84. The molecule has 0 aliphatic heterocycles. The predicted octanol–water partition coefficient (Wildman–Crippen LogP) is 1.53. The van der Waals surface area contributed by atoms with Crippen LogP contribution in [0.4, 0.5) is 0 Å². The number of alkyl halides is 3. The van der Waals surface area contributed by atoms with E-state index in [4.69, 9.17) is 49.7 Å². The highest BCUT2D eigenvalue weighted by Crippen LogP contribution is 2.26. The van der Waals surface area contributed by atoms with Crippen LogP contribution in [0, 0.1) is 0 Å². The Morgan fingerprint density at radius 3 is 2.15 bits per heavy atom. The van der Waals surface area contributed by atoms with Crippen LogP contribution in [0.1, 0.15) is 0 Å². The van der Waals surface area contributed by atoms with Gasteiger partial charge < -0.3 is 20.2 Å². The molecule has 0 aliphatic rings. The summed E-state index contributed by atoms with van der Waals surface area (Å²) in [6, 6.07) is 0. The molecule has 0 aromatic rings. The predicted molar refractivity (Wildman–Crippen MR) is 54.5 cm³/mol. The van der Waals surface area contributed by atoms with Gasteiger partial charge in [0.15, 0.2) is 6.29 Å². The summed E-state index contributed by atoms with van der Waals surface area (Å²) < 4.78 is 7.81. The molecule has 0 atom stereocenters. The zero-order valence-electron chi connectivity index (χ0n) is 7.18.